The van der Waals surface area contributed by atoms with E-state index in [-0.39, 0.29) is 6.09 Å². The predicted octanol–water partition coefficient (Wildman–Crippen LogP) is 1.80. The molecule has 3 N–H and O–H groups in total. The van der Waals surface area contributed by atoms with E-state index in [1.165, 1.54) is 6.33 Å². The Labute approximate surface area is 143 Å². The number of aromatic nitrogens is 2. The molecule has 0 saturated carbocycles. The standard InChI is InChI=1S/C16H28N6O2/c1-4-24-16(23)22-9-7-21(8-10-22)15-13(17)14(19-11-20-15)18-6-5-12(2)3/h11-12H,4-10,17H2,1-3H3,(H,18,19,20). The molecule has 0 aromatic carbocycles. The van der Waals surface area contributed by atoms with Crippen LogP contribution in [-0.4, -0.2) is 60.3 Å². The zero-order chi connectivity index (χ0) is 17.5. The number of nitrogens with one attached hydrogen (secondary N) is 1. The maximum atomic E-state index is 11.8. The fourth-order valence-electron chi connectivity index (χ4n) is 2.57. The molecule has 1 aliphatic heterocycles. The smallest absolute Gasteiger partial charge is 0.409 e. The van der Waals surface area contributed by atoms with Crippen molar-refractivity contribution >= 4 is 23.4 Å². The number of rotatable bonds is 6. The van der Waals surface area contributed by atoms with E-state index in [2.05, 4.69) is 34.0 Å². The van der Waals surface area contributed by atoms with Crippen LogP contribution in [0.25, 0.3) is 0 Å². The Kier molecular flexibility index (Phi) is 6.45. The monoisotopic (exact) mass is 336 g/mol. The summed E-state index contributed by atoms with van der Waals surface area (Å²) in [6.45, 7) is 9.93. The van der Waals surface area contributed by atoms with E-state index in [4.69, 9.17) is 10.5 Å². The van der Waals surface area contributed by atoms with Gasteiger partial charge >= 0.3 is 6.09 Å². The largest absolute Gasteiger partial charge is 0.450 e. The average molecular weight is 336 g/mol. The second-order valence-corrected chi connectivity index (χ2v) is 6.24. The predicted molar refractivity (Wildman–Crippen MR) is 95.2 cm³/mol. The van der Waals surface area contributed by atoms with E-state index >= 15 is 0 Å². The second-order valence-electron chi connectivity index (χ2n) is 6.24. The molecule has 0 atom stereocenters. The minimum atomic E-state index is -0.260. The van der Waals surface area contributed by atoms with E-state index in [9.17, 15) is 4.79 Å². The molecule has 2 heterocycles. The number of amides is 1. The van der Waals surface area contributed by atoms with Gasteiger partial charge in [-0.15, -0.1) is 0 Å². The van der Waals surface area contributed by atoms with Crippen LogP contribution in [-0.2, 0) is 4.74 Å². The third kappa shape index (κ3) is 4.62. The van der Waals surface area contributed by atoms with Crippen molar-refractivity contribution in [2.75, 3.05) is 55.3 Å². The van der Waals surface area contributed by atoms with Crippen LogP contribution in [0.15, 0.2) is 6.33 Å². The van der Waals surface area contributed by atoms with Crippen LogP contribution in [0.1, 0.15) is 27.2 Å². The molecule has 0 radical (unpaired) electrons. The first-order valence-corrected chi connectivity index (χ1v) is 8.53. The van der Waals surface area contributed by atoms with E-state index in [0.29, 0.717) is 50.2 Å². The van der Waals surface area contributed by atoms with Crippen LogP contribution in [0.3, 0.4) is 0 Å². The van der Waals surface area contributed by atoms with Gasteiger partial charge in [-0.05, 0) is 19.3 Å². The highest BCUT2D eigenvalue weighted by Crippen LogP contribution is 2.27. The van der Waals surface area contributed by atoms with E-state index < -0.39 is 0 Å². The second kappa shape index (κ2) is 8.56. The van der Waals surface area contributed by atoms with Crippen molar-refractivity contribution in [3.8, 4) is 0 Å². The number of nitrogens with zero attached hydrogens (tertiary/aromatic N) is 4. The summed E-state index contributed by atoms with van der Waals surface area (Å²) < 4.78 is 5.04. The summed E-state index contributed by atoms with van der Waals surface area (Å²) in [5, 5.41) is 3.28. The van der Waals surface area contributed by atoms with Gasteiger partial charge in [0.1, 0.15) is 12.0 Å². The minimum Gasteiger partial charge on any atom is -0.450 e. The molecule has 1 saturated heterocycles. The van der Waals surface area contributed by atoms with Crippen molar-refractivity contribution in [3.05, 3.63) is 6.33 Å². The van der Waals surface area contributed by atoms with E-state index in [1.54, 1.807) is 4.90 Å². The van der Waals surface area contributed by atoms with Crippen molar-refractivity contribution in [3.63, 3.8) is 0 Å². The number of nitrogens with two attached hydrogens (primary N) is 1. The first-order valence-electron chi connectivity index (χ1n) is 8.53. The van der Waals surface area contributed by atoms with Crippen LogP contribution < -0.4 is 16.0 Å². The van der Waals surface area contributed by atoms with Gasteiger partial charge in [-0.2, -0.15) is 0 Å². The normalized spacial score (nSPS) is 14.8. The van der Waals surface area contributed by atoms with Crippen molar-refractivity contribution < 1.29 is 9.53 Å². The van der Waals surface area contributed by atoms with Gasteiger partial charge < -0.3 is 25.6 Å². The number of carbonyl (C=O) groups is 1. The summed E-state index contributed by atoms with van der Waals surface area (Å²) in [5.74, 6) is 2.02. The number of hydrogen-bond donors (Lipinski definition) is 2. The van der Waals surface area contributed by atoms with E-state index in [0.717, 1.165) is 18.8 Å². The molecule has 0 aliphatic carbocycles. The Morgan fingerprint density at radius 3 is 2.67 bits per heavy atom. The molecule has 0 spiro atoms. The average Bonchev–Trinajstić information content (AvgIpc) is 2.56. The molecular formula is C16H28N6O2. The molecule has 1 fully saturated rings. The lowest BCUT2D eigenvalue weighted by Gasteiger charge is -2.35. The zero-order valence-electron chi connectivity index (χ0n) is 14.8. The van der Waals surface area contributed by atoms with Gasteiger partial charge in [0.15, 0.2) is 11.6 Å². The maximum Gasteiger partial charge on any atom is 0.409 e. The fraction of sp³-hybridized carbons (Fsp3) is 0.688. The molecule has 1 aromatic heterocycles. The van der Waals surface area contributed by atoms with Crippen LogP contribution in [0, 0.1) is 5.92 Å². The van der Waals surface area contributed by atoms with Gasteiger partial charge in [0.25, 0.3) is 0 Å². The van der Waals surface area contributed by atoms with Crippen molar-refractivity contribution in [2.45, 2.75) is 27.2 Å². The lowest BCUT2D eigenvalue weighted by molar-refractivity contribution is 0.105. The molecule has 24 heavy (non-hydrogen) atoms. The van der Waals surface area contributed by atoms with Crippen LogP contribution in [0.5, 0.6) is 0 Å². The summed E-state index contributed by atoms with van der Waals surface area (Å²) in [6.07, 6.45) is 2.32. The molecule has 1 amide bonds. The highest BCUT2D eigenvalue weighted by molar-refractivity contribution is 5.75. The number of hydrogen-bond acceptors (Lipinski definition) is 7. The summed E-state index contributed by atoms with van der Waals surface area (Å²) >= 11 is 0. The van der Waals surface area contributed by atoms with Crippen LogP contribution >= 0.6 is 0 Å². The number of ether oxygens (including phenoxy) is 1. The lowest BCUT2D eigenvalue weighted by Crippen LogP contribution is -2.49. The van der Waals surface area contributed by atoms with Gasteiger partial charge in [0, 0.05) is 32.7 Å². The van der Waals surface area contributed by atoms with Crippen molar-refractivity contribution in [2.24, 2.45) is 5.92 Å². The summed E-state index contributed by atoms with van der Waals surface area (Å²) in [5.41, 5.74) is 6.80. The maximum absolute atomic E-state index is 11.8. The van der Waals surface area contributed by atoms with Gasteiger partial charge in [-0.3, -0.25) is 0 Å². The Hall–Kier alpha value is -2.25. The van der Waals surface area contributed by atoms with Gasteiger partial charge in [0.05, 0.1) is 6.61 Å². The van der Waals surface area contributed by atoms with Crippen LogP contribution in [0.4, 0.5) is 22.1 Å². The molecule has 1 aromatic rings. The first kappa shape index (κ1) is 18.1. The third-order valence-electron chi connectivity index (χ3n) is 3.98. The lowest BCUT2D eigenvalue weighted by atomic mass is 10.1. The molecule has 0 unspecified atom stereocenters. The van der Waals surface area contributed by atoms with Crippen molar-refractivity contribution in [1.82, 2.24) is 14.9 Å². The van der Waals surface area contributed by atoms with Crippen molar-refractivity contribution in [1.29, 1.82) is 0 Å². The molecule has 134 valence electrons. The third-order valence-corrected chi connectivity index (χ3v) is 3.98. The zero-order valence-corrected chi connectivity index (χ0v) is 14.8. The van der Waals surface area contributed by atoms with E-state index in [1.807, 2.05) is 6.92 Å². The Balaban J connectivity index is 1.96. The number of carbonyl (C=O) groups excluding carboxylic acids is 1. The summed E-state index contributed by atoms with van der Waals surface area (Å²) in [4.78, 5) is 24.1. The summed E-state index contributed by atoms with van der Waals surface area (Å²) in [7, 11) is 0. The van der Waals surface area contributed by atoms with Crippen LogP contribution in [0.2, 0.25) is 0 Å². The Bertz CT molecular complexity index is 543. The quantitative estimate of drug-likeness (QED) is 0.817. The highest BCUT2D eigenvalue weighted by Gasteiger charge is 2.24. The Morgan fingerprint density at radius 1 is 1.33 bits per heavy atom. The minimum absolute atomic E-state index is 0.260. The van der Waals surface area contributed by atoms with Gasteiger partial charge in [-0.1, -0.05) is 13.8 Å². The highest BCUT2D eigenvalue weighted by atomic mass is 16.6. The molecule has 8 nitrogen and oxygen atoms in total. The Morgan fingerprint density at radius 2 is 2.04 bits per heavy atom. The van der Waals surface area contributed by atoms with Gasteiger partial charge in [0.2, 0.25) is 0 Å². The molecule has 2 rings (SSSR count). The molecule has 8 heteroatoms. The number of anilines is 3. The first-order chi connectivity index (χ1) is 11.5. The number of piperazine rings is 1. The molecular weight excluding hydrogens is 308 g/mol. The number of nitrogen functional groups attached to an aromatic ring is 1. The van der Waals surface area contributed by atoms with Gasteiger partial charge in [-0.25, -0.2) is 14.8 Å². The topological polar surface area (TPSA) is 96.6 Å². The molecule has 1 aliphatic rings. The SMILES string of the molecule is CCOC(=O)N1CCN(c2ncnc(NCCC(C)C)c2N)CC1. The fourth-order valence-corrected chi connectivity index (χ4v) is 2.57. The summed E-state index contributed by atoms with van der Waals surface area (Å²) in [6, 6.07) is 0. The molecule has 0 bridgehead atoms.